The SMILES string of the molecule is O=C(c1cccc(F)c1)c1ccc2c(c1)oc(=O)n2CN1CCCCC1. The van der Waals surface area contributed by atoms with E-state index in [1.54, 1.807) is 28.8 Å². The van der Waals surface area contributed by atoms with Gasteiger partial charge in [0.05, 0.1) is 12.2 Å². The van der Waals surface area contributed by atoms with Crippen molar-refractivity contribution in [2.75, 3.05) is 13.1 Å². The van der Waals surface area contributed by atoms with Gasteiger partial charge >= 0.3 is 5.76 Å². The van der Waals surface area contributed by atoms with Crippen LogP contribution in [0.15, 0.2) is 51.7 Å². The number of likely N-dealkylation sites (tertiary alicyclic amines) is 1. The van der Waals surface area contributed by atoms with Crippen LogP contribution in [0.3, 0.4) is 0 Å². The van der Waals surface area contributed by atoms with E-state index in [2.05, 4.69) is 4.90 Å². The highest BCUT2D eigenvalue weighted by atomic mass is 19.1. The Bertz CT molecular complexity index is 1020. The lowest BCUT2D eigenvalue weighted by atomic mass is 10.0. The number of rotatable bonds is 4. The van der Waals surface area contributed by atoms with Gasteiger partial charge in [-0.15, -0.1) is 0 Å². The summed E-state index contributed by atoms with van der Waals surface area (Å²) in [6, 6.07) is 10.5. The summed E-state index contributed by atoms with van der Waals surface area (Å²) < 4.78 is 20.3. The van der Waals surface area contributed by atoms with Crippen LogP contribution in [0.1, 0.15) is 35.2 Å². The van der Waals surface area contributed by atoms with Crippen molar-refractivity contribution in [3.8, 4) is 0 Å². The van der Waals surface area contributed by atoms with E-state index in [1.165, 1.54) is 24.6 Å². The number of aromatic nitrogens is 1. The lowest BCUT2D eigenvalue weighted by Crippen LogP contribution is -2.34. The van der Waals surface area contributed by atoms with E-state index in [4.69, 9.17) is 4.42 Å². The number of piperidine rings is 1. The largest absolute Gasteiger partial charge is 0.421 e. The fraction of sp³-hybridized carbons (Fsp3) is 0.300. The van der Waals surface area contributed by atoms with Crippen LogP contribution in [-0.4, -0.2) is 28.3 Å². The molecule has 0 bridgehead atoms. The van der Waals surface area contributed by atoms with Crippen LogP contribution in [0.25, 0.3) is 11.1 Å². The molecule has 1 saturated heterocycles. The van der Waals surface area contributed by atoms with E-state index in [9.17, 15) is 14.0 Å². The Hall–Kier alpha value is -2.73. The minimum Gasteiger partial charge on any atom is -0.408 e. The summed E-state index contributed by atoms with van der Waals surface area (Å²) in [5.41, 5.74) is 1.66. The monoisotopic (exact) mass is 354 g/mol. The van der Waals surface area contributed by atoms with Gasteiger partial charge in [0, 0.05) is 11.1 Å². The Morgan fingerprint density at radius 2 is 1.81 bits per heavy atom. The van der Waals surface area contributed by atoms with Crippen molar-refractivity contribution in [2.45, 2.75) is 25.9 Å². The number of oxazole rings is 1. The van der Waals surface area contributed by atoms with Crippen molar-refractivity contribution in [1.82, 2.24) is 9.47 Å². The number of benzene rings is 2. The van der Waals surface area contributed by atoms with Crippen molar-refractivity contribution in [3.05, 3.63) is 70.0 Å². The fourth-order valence-electron chi connectivity index (χ4n) is 3.44. The lowest BCUT2D eigenvalue weighted by molar-refractivity contribution is 0.103. The maximum absolute atomic E-state index is 13.4. The molecule has 2 heterocycles. The van der Waals surface area contributed by atoms with E-state index in [1.807, 2.05) is 0 Å². The van der Waals surface area contributed by atoms with Gasteiger partial charge in [-0.3, -0.25) is 14.3 Å². The first kappa shape index (κ1) is 16.7. The van der Waals surface area contributed by atoms with Gasteiger partial charge in [0.15, 0.2) is 11.4 Å². The minimum atomic E-state index is -0.462. The van der Waals surface area contributed by atoms with Crippen LogP contribution in [0.4, 0.5) is 4.39 Å². The highest BCUT2D eigenvalue weighted by Crippen LogP contribution is 2.19. The van der Waals surface area contributed by atoms with E-state index in [0.29, 0.717) is 23.3 Å². The summed E-state index contributed by atoms with van der Waals surface area (Å²) in [4.78, 5) is 27.0. The molecule has 4 rings (SSSR count). The molecule has 1 aromatic heterocycles. The molecular formula is C20H19FN2O3. The van der Waals surface area contributed by atoms with Crippen molar-refractivity contribution in [1.29, 1.82) is 0 Å². The molecular weight excluding hydrogens is 335 g/mol. The molecule has 0 saturated carbocycles. The van der Waals surface area contributed by atoms with Crippen LogP contribution in [0.2, 0.25) is 0 Å². The number of fused-ring (bicyclic) bond motifs is 1. The molecule has 0 N–H and O–H groups in total. The molecule has 26 heavy (non-hydrogen) atoms. The van der Waals surface area contributed by atoms with Gasteiger partial charge in [-0.05, 0) is 56.3 Å². The molecule has 0 amide bonds. The molecule has 5 nitrogen and oxygen atoms in total. The van der Waals surface area contributed by atoms with Crippen molar-refractivity contribution in [3.63, 3.8) is 0 Å². The zero-order valence-electron chi connectivity index (χ0n) is 14.3. The van der Waals surface area contributed by atoms with Gasteiger partial charge in [-0.1, -0.05) is 18.6 Å². The minimum absolute atomic E-state index is 0.263. The molecule has 1 aliphatic heterocycles. The number of nitrogens with zero attached hydrogens (tertiary/aromatic N) is 2. The number of ketones is 1. The Morgan fingerprint density at radius 3 is 2.58 bits per heavy atom. The predicted octanol–water partition coefficient (Wildman–Crippen LogP) is 3.41. The van der Waals surface area contributed by atoms with Crippen molar-refractivity contribution >= 4 is 16.9 Å². The summed E-state index contributed by atoms with van der Waals surface area (Å²) in [5.74, 6) is -1.20. The van der Waals surface area contributed by atoms with E-state index < -0.39 is 11.6 Å². The van der Waals surface area contributed by atoms with Gasteiger partial charge in [-0.2, -0.15) is 0 Å². The zero-order valence-corrected chi connectivity index (χ0v) is 14.3. The van der Waals surface area contributed by atoms with Gasteiger partial charge < -0.3 is 4.42 Å². The molecule has 0 unspecified atom stereocenters. The highest BCUT2D eigenvalue weighted by Gasteiger charge is 2.17. The Morgan fingerprint density at radius 1 is 1.04 bits per heavy atom. The van der Waals surface area contributed by atoms with Crippen LogP contribution < -0.4 is 5.76 Å². The molecule has 1 aliphatic rings. The number of carbonyl (C=O) groups is 1. The smallest absolute Gasteiger partial charge is 0.408 e. The quantitative estimate of drug-likeness (QED) is 0.674. The molecule has 0 spiro atoms. The molecule has 0 radical (unpaired) electrons. The summed E-state index contributed by atoms with van der Waals surface area (Å²) >= 11 is 0. The Balaban J connectivity index is 1.66. The summed E-state index contributed by atoms with van der Waals surface area (Å²) in [6.45, 7) is 2.42. The van der Waals surface area contributed by atoms with Crippen LogP contribution in [-0.2, 0) is 6.67 Å². The maximum atomic E-state index is 13.4. The number of halogens is 1. The number of hydrogen-bond acceptors (Lipinski definition) is 4. The topological polar surface area (TPSA) is 55.5 Å². The number of hydrogen-bond donors (Lipinski definition) is 0. The van der Waals surface area contributed by atoms with Crippen LogP contribution >= 0.6 is 0 Å². The first-order chi connectivity index (χ1) is 12.6. The van der Waals surface area contributed by atoms with E-state index in [-0.39, 0.29) is 11.3 Å². The van der Waals surface area contributed by atoms with Crippen LogP contribution in [0, 0.1) is 5.82 Å². The standard InChI is InChI=1S/C20H19FN2O3/c21-16-6-4-5-14(11-16)19(24)15-7-8-17-18(12-15)26-20(25)23(17)13-22-9-2-1-3-10-22/h4-8,11-12H,1-3,9-10,13H2. The summed E-state index contributed by atoms with van der Waals surface area (Å²) in [5, 5.41) is 0. The van der Waals surface area contributed by atoms with Gasteiger partial charge in [0.2, 0.25) is 0 Å². The van der Waals surface area contributed by atoms with Crippen molar-refractivity contribution < 1.29 is 13.6 Å². The molecule has 2 aromatic carbocycles. The normalized spacial score (nSPS) is 15.4. The second-order valence-electron chi connectivity index (χ2n) is 6.64. The highest BCUT2D eigenvalue weighted by molar-refractivity contribution is 6.10. The molecule has 134 valence electrons. The first-order valence-corrected chi connectivity index (χ1v) is 8.78. The van der Waals surface area contributed by atoms with Gasteiger partial charge in [-0.25, -0.2) is 9.18 Å². The Labute approximate surface area is 149 Å². The molecule has 1 fully saturated rings. The van der Waals surface area contributed by atoms with E-state index >= 15 is 0 Å². The first-order valence-electron chi connectivity index (χ1n) is 8.78. The van der Waals surface area contributed by atoms with Crippen molar-refractivity contribution in [2.24, 2.45) is 0 Å². The second kappa shape index (κ2) is 6.88. The molecule has 3 aromatic rings. The molecule has 6 heteroatoms. The number of carbonyl (C=O) groups excluding carboxylic acids is 1. The maximum Gasteiger partial charge on any atom is 0.421 e. The third-order valence-electron chi connectivity index (χ3n) is 4.81. The fourth-order valence-corrected chi connectivity index (χ4v) is 3.44. The molecule has 0 atom stereocenters. The van der Waals surface area contributed by atoms with Gasteiger partial charge in [0.25, 0.3) is 0 Å². The average Bonchev–Trinajstić information content (AvgIpc) is 2.96. The van der Waals surface area contributed by atoms with E-state index in [0.717, 1.165) is 25.9 Å². The zero-order chi connectivity index (χ0) is 18.1. The Kier molecular flexibility index (Phi) is 4.42. The lowest BCUT2D eigenvalue weighted by Gasteiger charge is -2.26. The predicted molar refractivity (Wildman–Crippen MR) is 95.7 cm³/mol. The third-order valence-corrected chi connectivity index (χ3v) is 4.81. The average molecular weight is 354 g/mol. The summed E-state index contributed by atoms with van der Waals surface area (Å²) in [6.07, 6.45) is 3.50. The van der Waals surface area contributed by atoms with Crippen LogP contribution in [0.5, 0.6) is 0 Å². The third kappa shape index (κ3) is 3.20. The summed E-state index contributed by atoms with van der Waals surface area (Å²) in [7, 11) is 0. The second-order valence-corrected chi connectivity index (χ2v) is 6.64. The molecule has 0 aliphatic carbocycles. The van der Waals surface area contributed by atoms with Gasteiger partial charge in [0.1, 0.15) is 5.82 Å².